The fourth-order valence-corrected chi connectivity index (χ4v) is 3.93. The van der Waals surface area contributed by atoms with Crippen molar-refractivity contribution in [3.63, 3.8) is 0 Å². The van der Waals surface area contributed by atoms with Gasteiger partial charge in [0.1, 0.15) is 18.8 Å². The first kappa shape index (κ1) is 21.2. The number of hydrogen-bond donors (Lipinski definition) is 0. The minimum Gasteiger partial charge on any atom is -0.459 e. The molecule has 0 N–H and O–H groups in total. The Balaban J connectivity index is 1.69. The molecule has 1 aromatic carbocycles. The summed E-state index contributed by atoms with van der Waals surface area (Å²) in [6.07, 6.45) is 5.92. The molecular formula is C24H31NO4. The lowest BCUT2D eigenvalue weighted by atomic mass is 9.93. The molecule has 0 heterocycles. The van der Waals surface area contributed by atoms with Gasteiger partial charge in [-0.3, -0.25) is 9.69 Å². The average Bonchev–Trinajstić information content (AvgIpc) is 2.96. The fourth-order valence-electron chi connectivity index (χ4n) is 3.93. The van der Waals surface area contributed by atoms with Crippen LogP contribution in [-0.2, 0) is 14.3 Å². The lowest BCUT2D eigenvalue weighted by Gasteiger charge is -2.28. The van der Waals surface area contributed by atoms with Gasteiger partial charge in [-0.2, -0.15) is 0 Å². The van der Waals surface area contributed by atoms with Crippen molar-refractivity contribution in [2.24, 2.45) is 0 Å². The van der Waals surface area contributed by atoms with Crippen molar-refractivity contribution in [3.8, 4) is 0 Å². The van der Waals surface area contributed by atoms with Crippen molar-refractivity contribution in [1.82, 2.24) is 4.90 Å². The van der Waals surface area contributed by atoms with E-state index in [1.807, 2.05) is 40.7 Å². The van der Waals surface area contributed by atoms with Gasteiger partial charge < -0.3 is 9.47 Å². The molecule has 0 saturated carbocycles. The van der Waals surface area contributed by atoms with Gasteiger partial charge in [-0.25, -0.2) is 4.79 Å². The molecule has 0 aromatic heterocycles. The van der Waals surface area contributed by atoms with E-state index in [0.717, 1.165) is 12.8 Å². The molecular weight excluding hydrogens is 366 g/mol. The number of allylic oxidation sites excluding steroid dienone is 3. The van der Waals surface area contributed by atoms with Crippen LogP contribution in [0.25, 0.3) is 5.57 Å². The summed E-state index contributed by atoms with van der Waals surface area (Å²) in [6.45, 7) is 9.29. The van der Waals surface area contributed by atoms with Gasteiger partial charge in [0.05, 0.1) is 0 Å². The average molecular weight is 398 g/mol. The van der Waals surface area contributed by atoms with Crippen LogP contribution < -0.4 is 0 Å². The van der Waals surface area contributed by atoms with E-state index in [0.29, 0.717) is 0 Å². The maximum atomic E-state index is 12.8. The lowest BCUT2D eigenvalue weighted by Crippen LogP contribution is -2.43. The standard InChI is InChI=1S/C24H31NO4/c1-16(2)25(14-22(26)29-24(3,4)5)23(27)28-15-21-19-12-8-6-10-17(19)18-11-7-9-13-20(18)21/h6,8-10,12-13,16,21H,7,11,14-15H2,1-5H3. The molecule has 0 aliphatic heterocycles. The molecule has 5 heteroatoms. The number of carbonyl (C=O) groups is 2. The van der Waals surface area contributed by atoms with E-state index in [1.54, 1.807) is 0 Å². The molecule has 0 saturated heterocycles. The molecule has 3 rings (SSSR count). The Morgan fingerprint density at radius 2 is 1.93 bits per heavy atom. The lowest BCUT2D eigenvalue weighted by molar-refractivity contribution is -0.156. The summed E-state index contributed by atoms with van der Waals surface area (Å²) in [5.41, 5.74) is 4.49. The van der Waals surface area contributed by atoms with Gasteiger partial charge in [0.25, 0.3) is 0 Å². The Bertz CT molecular complexity index is 845. The predicted molar refractivity (Wildman–Crippen MR) is 114 cm³/mol. The quantitative estimate of drug-likeness (QED) is 0.651. The van der Waals surface area contributed by atoms with Crippen molar-refractivity contribution in [1.29, 1.82) is 0 Å². The van der Waals surface area contributed by atoms with E-state index >= 15 is 0 Å². The van der Waals surface area contributed by atoms with Gasteiger partial charge in [0, 0.05) is 12.0 Å². The first-order chi connectivity index (χ1) is 13.7. The van der Waals surface area contributed by atoms with Gasteiger partial charge in [-0.1, -0.05) is 36.4 Å². The van der Waals surface area contributed by atoms with Crippen LogP contribution in [0, 0.1) is 0 Å². The highest BCUT2D eigenvalue weighted by Gasteiger charge is 2.32. The molecule has 0 spiro atoms. The Labute approximate surface area is 173 Å². The molecule has 29 heavy (non-hydrogen) atoms. The SMILES string of the molecule is CC(C)N(CC(=O)OC(C)(C)C)C(=O)OCC1C2=C(CCC=C2)c2ccccc21. The largest absolute Gasteiger partial charge is 0.459 e. The number of ether oxygens (including phenoxy) is 2. The normalized spacial score (nSPS) is 17.8. The zero-order valence-electron chi connectivity index (χ0n) is 18.0. The van der Waals surface area contributed by atoms with Gasteiger partial charge in [0.15, 0.2) is 0 Å². The zero-order valence-corrected chi connectivity index (χ0v) is 18.0. The Hall–Kier alpha value is -2.56. The molecule has 1 aromatic rings. The molecule has 2 aliphatic carbocycles. The highest BCUT2D eigenvalue weighted by atomic mass is 16.6. The number of esters is 1. The van der Waals surface area contributed by atoms with E-state index in [1.165, 1.54) is 27.2 Å². The summed E-state index contributed by atoms with van der Waals surface area (Å²) in [6, 6.07) is 8.17. The van der Waals surface area contributed by atoms with Crippen LogP contribution in [-0.4, -0.2) is 41.8 Å². The maximum absolute atomic E-state index is 12.8. The third-order valence-electron chi connectivity index (χ3n) is 5.19. The van der Waals surface area contributed by atoms with Crippen molar-refractivity contribution in [2.75, 3.05) is 13.2 Å². The number of carbonyl (C=O) groups excluding carboxylic acids is 2. The number of amides is 1. The second-order valence-corrected chi connectivity index (χ2v) is 8.90. The third-order valence-corrected chi connectivity index (χ3v) is 5.19. The second-order valence-electron chi connectivity index (χ2n) is 8.90. The molecule has 5 nitrogen and oxygen atoms in total. The van der Waals surface area contributed by atoms with Crippen LogP contribution >= 0.6 is 0 Å². The maximum Gasteiger partial charge on any atom is 0.410 e. The van der Waals surface area contributed by atoms with Crippen LogP contribution in [0.3, 0.4) is 0 Å². The van der Waals surface area contributed by atoms with Crippen LogP contribution in [0.15, 0.2) is 42.0 Å². The molecule has 2 aliphatic rings. The minimum atomic E-state index is -0.590. The molecule has 156 valence electrons. The molecule has 1 amide bonds. The van der Waals surface area contributed by atoms with E-state index < -0.39 is 17.7 Å². The summed E-state index contributed by atoms with van der Waals surface area (Å²) in [5, 5.41) is 0. The Morgan fingerprint density at radius 3 is 2.62 bits per heavy atom. The number of fused-ring (bicyclic) bond motifs is 2. The summed E-state index contributed by atoms with van der Waals surface area (Å²) in [7, 11) is 0. The highest BCUT2D eigenvalue weighted by molar-refractivity contribution is 5.82. The highest BCUT2D eigenvalue weighted by Crippen LogP contribution is 2.46. The van der Waals surface area contributed by atoms with Crippen molar-refractivity contribution >= 4 is 17.6 Å². The molecule has 1 atom stereocenters. The van der Waals surface area contributed by atoms with E-state index in [-0.39, 0.29) is 25.1 Å². The van der Waals surface area contributed by atoms with E-state index in [9.17, 15) is 9.59 Å². The monoisotopic (exact) mass is 397 g/mol. The van der Waals surface area contributed by atoms with Gasteiger partial charge in [-0.05, 0) is 69.7 Å². The first-order valence-corrected chi connectivity index (χ1v) is 10.3. The topological polar surface area (TPSA) is 55.8 Å². The number of rotatable bonds is 5. The fraction of sp³-hybridized carbons (Fsp3) is 0.500. The first-order valence-electron chi connectivity index (χ1n) is 10.3. The summed E-state index contributed by atoms with van der Waals surface area (Å²) >= 11 is 0. The third kappa shape index (κ3) is 4.89. The van der Waals surface area contributed by atoms with Crippen LogP contribution in [0.2, 0.25) is 0 Å². The van der Waals surface area contributed by atoms with E-state index in [2.05, 4.69) is 30.4 Å². The predicted octanol–water partition coefficient (Wildman–Crippen LogP) is 5.08. The van der Waals surface area contributed by atoms with Gasteiger partial charge in [-0.15, -0.1) is 0 Å². The Kier molecular flexibility index (Phi) is 6.15. The number of hydrogen-bond acceptors (Lipinski definition) is 4. The number of nitrogens with zero attached hydrogens (tertiary/aromatic N) is 1. The van der Waals surface area contributed by atoms with Crippen LogP contribution in [0.1, 0.15) is 64.5 Å². The summed E-state index contributed by atoms with van der Waals surface area (Å²) in [5.74, 6) is -0.396. The molecule has 0 bridgehead atoms. The summed E-state index contributed by atoms with van der Waals surface area (Å²) < 4.78 is 11.1. The minimum absolute atomic E-state index is 0.0391. The zero-order chi connectivity index (χ0) is 21.2. The molecule has 0 radical (unpaired) electrons. The van der Waals surface area contributed by atoms with Crippen molar-refractivity contribution in [3.05, 3.63) is 53.1 Å². The second kappa shape index (κ2) is 8.44. The van der Waals surface area contributed by atoms with Crippen molar-refractivity contribution < 1.29 is 19.1 Å². The smallest absolute Gasteiger partial charge is 0.410 e. The molecule has 0 fully saturated rings. The van der Waals surface area contributed by atoms with Gasteiger partial charge in [0.2, 0.25) is 0 Å². The van der Waals surface area contributed by atoms with E-state index in [4.69, 9.17) is 9.47 Å². The van der Waals surface area contributed by atoms with Gasteiger partial charge >= 0.3 is 12.1 Å². The number of benzene rings is 1. The van der Waals surface area contributed by atoms with Crippen LogP contribution in [0.4, 0.5) is 4.79 Å². The summed E-state index contributed by atoms with van der Waals surface area (Å²) in [4.78, 5) is 26.4. The van der Waals surface area contributed by atoms with Crippen LogP contribution in [0.5, 0.6) is 0 Å². The van der Waals surface area contributed by atoms with Crippen molar-refractivity contribution in [2.45, 2.75) is 65.0 Å². The Morgan fingerprint density at radius 1 is 1.21 bits per heavy atom. The molecule has 1 unspecified atom stereocenters.